The first kappa shape index (κ1) is 11.4. The van der Waals surface area contributed by atoms with Crippen LogP contribution in [0.5, 0.6) is 0 Å². The maximum absolute atomic E-state index is 11.0. The van der Waals surface area contributed by atoms with Gasteiger partial charge in [-0.25, -0.2) is 4.98 Å². The second-order valence-electron chi connectivity index (χ2n) is 4.00. The van der Waals surface area contributed by atoms with E-state index in [1.807, 2.05) is 13.0 Å². The molecule has 2 N–H and O–H groups in total. The third-order valence-electron chi connectivity index (χ3n) is 2.65. The summed E-state index contributed by atoms with van der Waals surface area (Å²) in [5, 5.41) is 6.17. The van der Waals surface area contributed by atoms with Gasteiger partial charge in [0.15, 0.2) is 0 Å². The van der Waals surface area contributed by atoms with E-state index >= 15 is 0 Å². The van der Waals surface area contributed by atoms with Crippen LogP contribution in [-0.2, 0) is 4.79 Å². The largest absolute Gasteiger partial charge is 0.368 e. The molecule has 1 aromatic heterocycles. The van der Waals surface area contributed by atoms with Crippen LogP contribution in [0.3, 0.4) is 0 Å². The van der Waals surface area contributed by atoms with E-state index in [0.29, 0.717) is 6.42 Å². The highest BCUT2D eigenvalue weighted by Crippen LogP contribution is 2.17. The topological polar surface area (TPSA) is 54.0 Å². The number of pyridine rings is 1. The Morgan fingerprint density at radius 2 is 2.50 bits per heavy atom. The molecule has 1 amide bonds. The Bertz CT molecular complexity index is 408. The molecule has 1 fully saturated rings. The number of carbonyl (C=O) groups is 1. The molecule has 5 heteroatoms. The normalized spacial score (nSPS) is 19.6. The number of carbonyl (C=O) groups excluding carboxylic acids is 1. The Balaban J connectivity index is 1.92. The predicted octanol–water partition coefficient (Wildman–Crippen LogP) is 1.84. The lowest BCUT2D eigenvalue weighted by Gasteiger charge is -2.13. The first-order valence-corrected chi connectivity index (χ1v) is 6.10. The van der Waals surface area contributed by atoms with E-state index in [9.17, 15) is 4.79 Å². The summed E-state index contributed by atoms with van der Waals surface area (Å²) in [5.74, 6) is 1.02. The number of amides is 1. The van der Waals surface area contributed by atoms with Crippen molar-refractivity contribution in [2.75, 3.05) is 11.9 Å². The van der Waals surface area contributed by atoms with Gasteiger partial charge in [0.2, 0.25) is 5.91 Å². The Morgan fingerprint density at radius 3 is 3.12 bits per heavy atom. The minimum atomic E-state index is 0.146. The van der Waals surface area contributed by atoms with Crippen LogP contribution in [-0.4, -0.2) is 23.5 Å². The zero-order chi connectivity index (χ0) is 11.5. The molecule has 1 aliphatic rings. The summed E-state index contributed by atoms with van der Waals surface area (Å²) in [7, 11) is 0. The molecule has 1 atom stereocenters. The molecule has 86 valence electrons. The Hall–Kier alpha value is -1.10. The van der Waals surface area contributed by atoms with Gasteiger partial charge in [0.1, 0.15) is 5.82 Å². The third kappa shape index (κ3) is 2.72. The van der Waals surface area contributed by atoms with Crippen LogP contribution in [0, 0.1) is 6.92 Å². The van der Waals surface area contributed by atoms with Gasteiger partial charge < -0.3 is 10.6 Å². The van der Waals surface area contributed by atoms with E-state index < -0.39 is 0 Å². The summed E-state index contributed by atoms with van der Waals surface area (Å²) >= 11 is 3.37. The molecule has 0 aliphatic carbocycles. The van der Waals surface area contributed by atoms with E-state index in [4.69, 9.17) is 0 Å². The van der Waals surface area contributed by atoms with Crippen LogP contribution in [0.25, 0.3) is 0 Å². The Labute approximate surface area is 103 Å². The minimum Gasteiger partial charge on any atom is -0.368 e. The summed E-state index contributed by atoms with van der Waals surface area (Å²) in [4.78, 5) is 15.3. The zero-order valence-electron chi connectivity index (χ0n) is 9.09. The van der Waals surface area contributed by atoms with Crippen LogP contribution in [0.4, 0.5) is 5.82 Å². The lowest BCUT2D eigenvalue weighted by molar-refractivity contribution is -0.119. The lowest BCUT2D eigenvalue weighted by atomic mass is 10.2. The molecule has 16 heavy (non-hydrogen) atoms. The van der Waals surface area contributed by atoms with E-state index in [0.717, 1.165) is 28.8 Å². The zero-order valence-corrected chi connectivity index (χ0v) is 10.7. The summed E-state index contributed by atoms with van der Waals surface area (Å²) in [6, 6.07) is 2.25. The average molecular weight is 284 g/mol. The number of aryl methyl sites for hydroxylation is 1. The molecular weight excluding hydrogens is 270 g/mol. The monoisotopic (exact) mass is 283 g/mol. The second kappa shape index (κ2) is 4.82. The molecule has 0 radical (unpaired) electrons. The molecule has 2 heterocycles. The van der Waals surface area contributed by atoms with Gasteiger partial charge in [-0.1, -0.05) is 0 Å². The summed E-state index contributed by atoms with van der Waals surface area (Å²) < 4.78 is 0.977. The highest BCUT2D eigenvalue weighted by atomic mass is 79.9. The number of anilines is 1. The van der Waals surface area contributed by atoms with Crippen LogP contribution < -0.4 is 10.6 Å². The fourth-order valence-electron chi connectivity index (χ4n) is 1.78. The second-order valence-corrected chi connectivity index (χ2v) is 4.92. The molecule has 4 nitrogen and oxygen atoms in total. The highest BCUT2D eigenvalue weighted by Gasteiger charge is 2.20. The van der Waals surface area contributed by atoms with Crippen molar-refractivity contribution < 1.29 is 4.79 Å². The number of aromatic nitrogens is 1. The molecule has 0 spiro atoms. The van der Waals surface area contributed by atoms with Crippen molar-refractivity contribution >= 4 is 27.7 Å². The van der Waals surface area contributed by atoms with Crippen molar-refractivity contribution in [1.82, 2.24) is 10.3 Å². The standard InChI is InChI=1S/C11H14BrN3O/c1-7-4-8(12)5-13-11(7)14-6-9-2-3-10(16)15-9/h4-5,9H,2-3,6H2,1H3,(H,13,14)(H,15,16). The first-order chi connectivity index (χ1) is 7.65. The van der Waals surface area contributed by atoms with Gasteiger partial charge in [0, 0.05) is 29.7 Å². The summed E-state index contributed by atoms with van der Waals surface area (Å²) in [6.45, 7) is 2.74. The Kier molecular flexibility index (Phi) is 3.43. The van der Waals surface area contributed by atoms with Crippen molar-refractivity contribution in [1.29, 1.82) is 0 Å². The smallest absolute Gasteiger partial charge is 0.220 e. The number of hydrogen-bond donors (Lipinski definition) is 2. The number of halogens is 1. The highest BCUT2D eigenvalue weighted by molar-refractivity contribution is 9.10. The van der Waals surface area contributed by atoms with E-state index in [2.05, 4.69) is 31.5 Å². The Morgan fingerprint density at radius 1 is 1.69 bits per heavy atom. The maximum Gasteiger partial charge on any atom is 0.220 e. The number of nitrogens with zero attached hydrogens (tertiary/aromatic N) is 1. The first-order valence-electron chi connectivity index (χ1n) is 5.30. The maximum atomic E-state index is 11.0. The quantitative estimate of drug-likeness (QED) is 0.890. The molecule has 1 aromatic rings. The number of hydrogen-bond acceptors (Lipinski definition) is 3. The van der Waals surface area contributed by atoms with Gasteiger partial charge in [0.05, 0.1) is 0 Å². The van der Waals surface area contributed by atoms with Gasteiger partial charge in [-0.15, -0.1) is 0 Å². The number of nitrogens with one attached hydrogen (secondary N) is 2. The van der Waals surface area contributed by atoms with Crippen molar-refractivity contribution in [2.45, 2.75) is 25.8 Å². The van der Waals surface area contributed by atoms with Gasteiger partial charge in [-0.05, 0) is 40.9 Å². The van der Waals surface area contributed by atoms with Crippen molar-refractivity contribution in [2.24, 2.45) is 0 Å². The summed E-state index contributed by atoms with van der Waals surface area (Å²) in [6.07, 6.45) is 3.31. The molecule has 2 rings (SSSR count). The molecule has 0 saturated carbocycles. The molecule has 1 saturated heterocycles. The van der Waals surface area contributed by atoms with Gasteiger partial charge in [-0.2, -0.15) is 0 Å². The van der Waals surface area contributed by atoms with Gasteiger partial charge in [0.25, 0.3) is 0 Å². The van der Waals surface area contributed by atoms with Crippen molar-refractivity contribution in [3.63, 3.8) is 0 Å². The molecular formula is C11H14BrN3O. The average Bonchev–Trinajstić information content (AvgIpc) is 2.63. The molecule has 0 bridgehead atoms. The molecule has 1 aliphatic heterocycles. The lowest BCUT2D eigenvalue weighted by Crippen LogP contribution is -2.32. The fourth-order valence-corrected chi connectivity index (χ4v) is 2.22. The van der Waals surface area contributed by atoms with E-state index in [-0.39, 0.29) is 11.9 Å². The van der Waals surface area contributed by atoms with Crippen molar-refractivity contribution in [3.05, 3.63) is 22.3 Å². The fraction of sp³-hybridized carbons (Fsp3) is 0.455. The van der Waals surface area contributed by atoms with Crippen LogP contribution in [0.2, 0.25) is 0 Å². The van der Waals surface area contributed by atoms with Gasteiger partial charge in [-0.3, -0.25) is 4.79 Å². The van der Waals surface area contributed by atoms with E-state index in [1.165, 1.54) is 0 Å². The third-order valence-corrected chi connectivity index (χ3v) is 3.08. The van der Waals surface area contributed by atoms with E-state index in [1.54, 1.807) is 6.20 Å². The molecule has 0 aromatic carbocycles. The molecule has 1 unspecified atom stereocenters. The van der Waals surface area contributed by atoms with Crippen molar-refractivity contribution in [3.8, 4) is 0 Å². The van der Waals surface area contributed by atoms with Gasteiger partial charge >= 0.3 is 0 Å². The van der Waals surface area contributed by atoms with Crippen LogP contribution in [0.1, 0.15) is 18.4 Å². The predicted molar refractivity (Wildman–Crippen MR) is 66.3 cm³/mol. The van der Waals surface area contributed by atoms with Crippen LogP contribution >= 0.6 is 15.9 Å². The minimum absolute atomic E-state index is 0.146. The number of rotatable bonds is 3. The SMILES string of the molecule is Cc1cc(Br)cnc1NCC1CCC(=O)N1. The summed E-state index contributed by atoms with van der Waals surface area (Å²) in [5.41, 5.74) is 1.10. The van der Waals surface area contributed by atoms with Crippen LogP contribution in [0.15, 0.2) is 16.7 Å².